The molecule has 0 unspecified atom stereocenters. The van der Waals surface area contributed by atoms with Gasteiger partial charge in [0.2, 0.25) is 5.91 Å². The minimum absolute atomic E-state index is 0.305. The summed E-state index contributed by atoms with van der Waals surface area (Å²) in [4.78, 5) is 16.2. The fourth-order valence-corrected chi connectivity index (χ4v) is 2.70. The van der Waals surface area contributed by atoms with Gasteiger partial charge in [0.1, 0.15) is 0 Å². The Morgan fingerprint density at radius 2 is 1.82 bits per heavy atom. The zero-order valence-electron chi connectivity index (χ0n) is 15.0. The Morgan fingerprint density at radius 3 is 2.54 bits per heavy atom. The van der Waals surface area contributed by atoms with Crippen LogP contribution < -0.4 is 5.32 Å². The third-order valence-corrected chi connectivity index (χ3v) is 4.20. The third-order valence-electron chi connectivity index (χ3n) is 4.20. The first kappa shape index (κ1) is 19.4. The minimum atomic E-state index is -4.36. The van der Waals surface area contributed by atoms with E-state index in [1.807, 2.05) is 18.2 Å². The van der Waals surface area contributed by atoms with Gasteiger partial charge in [-0.1, -0.05) is 36.4 Å². The SMILES string of the molecule is C/C(=C\C=C\C(=O)Nc1cccc2cnccc12)c1ccc(C(F)(F)F)cc1. The smallest absolute Gasteiger partial charge is 0.322 e. The zero-order valence-corrected chi connectivity index (χ0v) is 15.0. The molecule has 0 spiro atoms. The summed E-state index contributed by atoms with van der Waals surface area (Å²) in [5, 5.41) is 4.62. The van der Waals surface area contributed by atoms with Crippen molar-refractivity contribution in [2.45, 2.75) is 13.1 Å². The molecule has 1 N–H and O–H groups in total. The molecular weight excluding hydrogens is 365 g/mol. The van der Waals surface area contributed by atoms with Crippen molar-refractivity contribution in [2.24, 2.45) is 0 Å². The molecule has 1 heterocycles. The number of rotatable bonds is 4. The molecule has 28 heavy (non-hydrogen) atoms. The average molecular weight is 382 g/mol. The number of nitrogens with zero attached hydrogens (tertiary/aromatic N) is 1. The van der Waals surface area contributed by atoms with E-state index in [0.717, 1.165) is 28.5 Å². The van der Waals surface area contributed by atoms with Crippen LogP contribution in [0.4, 0.5) is 18.9 Å². The molecular formula is C22H17F3N2O. The van der Waals surface area contributed by atoms with Crippen LogP contribution in [0.25, 0.3) is 16.3 Å². The Morgan fingerprint density at radius 1 is 1.07 bits per heavy atom. The maximum absolute atomic E-state index is 12.6. The fourth-order valence-electron chi connectivity index (χ4n) is 2.70. The number of carbonyl (C=O) groups is 1. The molecule has 0 saturated carbocycles. The summed E-state index contributed by atoms with van der Waals surface area (Å²) in [6.45, 7) is 1.77. The molecule has 0 aliphatic carbocycles. The summed E-state index contributed by atoms with van der Waals surface area (Å²) >= 11 is 0. The highest BCUT2D eigenvalue weighted by atomic mass is 19.4. The highest BCUT2D eigenvalue weighted by molar-refractivity contribution is 6.06. The number of hydrogen-bond acceptors (Lipinski definition) is 2. The minimum Gasteiger partial charge on any atom is -0.322 e. The molecule has 0 fully saturated rings. The highest BCUT2D eigenvalue weighted by Crippen LogP contribution is 2.30. The van der Waals surface area contributed by atoms with Crippen LogP contribution in [0.15, 0.2) is 79.2 Å². The lowest BCUT2D eigenvalue weighted by molar-refractivity contribution is -0.137. The summed E-state index contributed by atoms with van der Waals surface area (Å²) in [5.41, 5.74) is 1.39. The molecule has 142 valence electrons. The van der Waals surface area contributed by atoms with E-state index in [-0.39, 0.29) is 5.91 Å². The fraction of sp³-hybridized carbons (Fsp3) is 0.0909. The number of nitrogens with one attached hydrogen (secondary N) is 1. The van der Waals surface area contributed by atoms with Gasteiger partial charge in [-0.3, -0.25) is 9.78 Å². The van der Waals surface area contributed by atoms with Crippen LogP contribution >= 0.6 is 0 Å². The third kappa shape index (κ3) is 4.65. The first-order chi connectivity index (χ1) is 13.3. The molecule has 0 bridgehead atoms. The van der Waals surface area contributed by atoms with Crippen molar-refractivity contribution >= 4 is 27.9 Å². The van der Waals surface area contributed by atoms with Gasteiger partial charge < -0.3 is 5.32 Å². The molecule has 1 aromatic heterocycles. The van der Waals surface area contributed by atoms with Crippen molar-refractivity contribution < 1.29 is 18.0 Å². The Bertz CT molecular complexity index is 1050. The molecule has 0 aliphatic heterocycles. The van der Waals surface area contributed by atoms with Crippen molar-refractivity contribution in [3.8, 4) is 0 Å². The number of fused-ring (bicyclic) bond motifs is 1. The summed E-state index contributed by atoms with van der Waals surface area (Å²) in [6, 6.07) is 12.3. The number of carbonyl (C=O) groups excluding carboxylic acids is 1. The van der Waals surface area contributed by atoms with E-state index in [0.29, 0.717) is 11.3 Å². The van der Waals surface area contributed by atoms with E-state index in [2.05, 4.69) is 10.3 Å². The molecule has 0 saturated heterocycles. The molecule has 0 aliphatic rings. The standard InChI is InChI=1S/C22H17F3N2O/c1-15(16-8-10-18(11-9-16)22(23,24)25)4-2-7-21(28)27-20-6-3-5-17-14-26-13-12-19(17)20/h2-14H,1H3,(H,27,28)/b7-2+,15-4+. The van der Waals surface area contributed by atoms with Gasteiger partial charge >= 0.3 is 6.18 Å². The van der Waals surface area contributed by atoms with Crippen molar-refractivity contribution in [1.82, 2.24) is 4.98 Å². The van der Waals surface area contributed by atoms with Crippen molar-refractivity contribution in [2.75, 3.05) is 5.32 Å². The van der Waals surface area contributed by atoms with Gasteiger partial charge in [0.15, 0.2) is 0 Å². The number of aromatic nitrogens is 1. The van der Waals surface area contributed by atoms with Crippen LogP contribution in [0.2, 0.25) is 0 Å². The van der Waals surface area contributed by atoms with Crippen LogP contribution in [0.1, 0.15) is 18.1 Å². The number of anilines is 1. The number of halogens is 3. The molecule has 3 rings (SSSR count). The van der Waals surface area contributed by atoms with Crippen LogP contribution in [-0.2, 0) is 11.0 Å². The maximum atomic E-state index is 12.6. The Labute approximate surface area is 160 Å². The topological polar surface area (TPSA) is 42.0 Å². The molecule has 0 radical (unpaired) electrons. The maximum Gasteiger partial charge on any atom is 0.416 e. The zero-order chi connectivity index (χ0) is 20.1. The van der Waals surface area contributed by atoms with E-state index >= 15 is 0 Å². The molecule has 3 aromatic rings. The number of amides is 1. The summed E-state index contributed by atoms with van der Waals surface area (Å²) in [6.07, 6.45) is 3.63. The van der Waals surface area contributed by atoms with E-state index in [1.54, 1.807) is 37.5 Å². The highest BCUT2D eigenvalue weighted by Gasteiger charge is 2.29. The molecule has 1 amide bonds. The monoisotopic (exact) mass is 382 g/mol. The van der Waals surface area contributed by atoms with Gasteiger partial charge in [-0.25, -0.2) is 0 Å². The first-order valence-electron chi connectivity index (χ1n) is 8.51. The van der Waals surface area contributed by atoms with E-state index in [4.69, 9.17) is 0 Å². The predicted molar refractivity (Wildman–Crippen MR) is 105 cm³/mol. The summed E-state index contributed by atoms with van der Waals surface area (Å²) < 4.78 is 37.8. The number of alkyl halides is 3. The van der Waals surface area contributed by atoms with Gasteiger partial charge in [-0.05, 0) is 42.3 Å². The molecule has 3 nitrogen and oxygen atoms in total. The van der Waals surface area contributed by atoms with Crippen molar-refractivity contribution in [3.05, 3.63) is 90.3 Å². The van der Waals surface area contributed by atoms with Gasteiger partial charge in [0, 0.05) is 34.9 Å². The summed E-state index contributed by atoms with van der Waals surface area (Å²) in [5.74, 6) is -0.305. The lowest BCUT2D eigenvalue weighted by atomic mass is 10.0. The molecule has 0 atom stereocenters. The summed E-state index contributed by atoms with van der Waals surface area (Å²) in [7, 11) is 0. The Hall–Kier alpha value is -3.41. The molecule has 6 heteroatoms. The van der Waals surface area contributed by atoms with Crippen molar-refractivity contribution in [3.63, 3.8) is 0 Å². The predicted octanol–water partition coefficient (Wildman–Crippen LogP) is 5.85. The Balaban J connectivity index is 1.68. The van der Waals surface area contributed by atoms with Gasteiger partial charge in [-0.15, -0.1) is 0 Å². The van der Waals surface area contributed by atoms with E-state index in [9.17, 15) is 18.0 Å². The normalized spacial score (nSPS) is 12.5. The number of hydrogen-bond donors (Lipinski definition) is 1. The van der Waals surface area contributed by atoms with Gasteiger partial charge in [0.25, 0.3) is 0 Å². The quantitative estimate of drug-likeness (QED) is 0.454. The van der Waals surface area contributed by atoms with Gasteiger partial charge in [0.05, 0.1) is 5.56 Å². The van der Waals surface area contributed by atoms with E-state index < -0.39 is 11.7 Å². The van der Waals surface area contributed by atoms with Crippen LogP contribution in [-0.4, -0.2) is 10.9 Å². The number of benzene rings is 2. The first-order valence-corrected chi connectivity index (χ1v) is 8.51. The van der Waals surface area contributed by atoms with Crippen LogP contribution in [0.3, 0.4) is 0 Å². The lowest BCUT2D eigenvalue weighted by Gasteiger charge is -2.07. The second-order valence-electron chi connectivity index (χ2n) is 6.18. The lowest BCUT2D eigenvalue weighted by Crippen LogP contribution is -2.08. The largest absolute Gasteiger partial charge is 0.416 e. The molecule has 2 aromatic carbocycles. The average Bonchev–Trinajstić information content (AvgIpc) is 2.67. The van der Waals surface area contributed by atoms with Crippen LogP contribution in [0.5, 0.6) is 0 Å². The number of allylic oxidation sites excluding steroid dienone is 3. The Kier molecular flexibility index (Phi) is 5.59. The van der Waals surface area contributed by atoms with Gasteiger partial charge in [-0.2, -0.15) is 13.2 Å². The second-order valence-corrected chi connectivity index (χ2v) is 6.18. The van der Waals surface area contributed by atoms with E-state index in [1.165, 1.54) is 18.2 Å². The van der Waals surface area contributed by atoms with Crippen molar-refractivity contribution in [1.29, 1.82) is 0 Å². The number of pyridine rings is 1. The second kappa shape index (κ2) is 8.08. The van der Waals surface area contributed by atoms with Crippen LogP contribution in [0, 0.1) is 0 Å².